The third-order valence-electron chi connectivity index (χ3n) is 4.33. The highest BCUT2D eigenvalue weighted by Crippen LogP contribution is 2.22. The Morgan fingerprint density at radius 2 is 1.87 bits per heavy atom. The number of sulfone groups is 1. The Labute approximate surface area is 185 Å². The molecule has 0 aliphatic heterocycles. The summed E-state index contributed by atoms with van der Waals surface area (Å²) in [7, 11) is -3.39. The average Bonchev–Trinajstić information content (AvgIpc) is 2.73. The number of amides is 1. The average molecular weight is 461 g/mol. The molecule has 1 N–H and O–H groups in total. The molecule has 5 nitrogen and oxygen atoms in total. The first-order valence-corrected chi connectivity index (χ1v) is 12.3. The first kappa shape index (κ1) is 22.3. The van der Waals surface area contributed by atoms with Crippen LogP contribution in [0.3, 0.4) is 0 Å². The first-order chi connectivity index (χ1) is 14.3. The highest BCUT2D eigenvalue weighted by atomic mass is 35.5. The lowest BCUT2D eigenvalue weighted by atomic mass is 10.2. The molecule has 0 saturated carbocycles. The Morgan fingerprint density at radius 1 is 1.10 bits per heavy atom. The molecular formula is C22H21ClN2O3S2. The summed E-state index contributed by atoms with van der Waals surface area (Å²) in [5.74, 6) is -0.0187. The predicted molar refractivity (Wildman–Crippen MR) is 121 cm³/mol. The third kappa shape index (κ3) is 6.08. The largest absolute Gasteiger partial charge is 0.348 e. The Kier molecular flexibility index (Phi) is 7.53. The van der Waals surface area contributed by atoms with Gasteiger partial charge in [-0.05, 0) is 48.9 Å². The topological polar surface area (TPSA) is 76.1 Å². The molecule has 2 aromatic carbocycles. The van der Waals surface area contributed by atoms with Gasteiger partial charge in [0.1, 0.15) is 5.03 Å². The van der Waals surface area contributed by atoms with E-state index >= 15 is 0 Å². The molecule has 3 rings (SSSR count). The molecule has 1 aromatic heterocycles. The quantitative estimate of drug-likeness (QED) is 0.499. The van der Waals surface area contributed by atoms with Crippen LogP contribution in [-0.2, 0) is 16.4 Å². The fraction of sp³-hybridized carbons (Fsp3) is 0.182. The number of carbonyl (C=O) groups excluding carboxylic acids is 1. The molecule has 0 bridgehead atoms. The molecular weight excluding hydrogens is 440 g/mol. The number of rotatable bonds is 8. The van der Waals surface area contributed by atoms with E-state index in [-0.39, 0.29) is 11.7 Å². The van der Waals surface area contributed by atoms with E-state index in [4.69, 9.17) is 11.6 Å². The van der Waals surface area contributed by atoms with Gasteiger partial charge in [0.25, 0.3) is 5.91 Å². The van der Waals surface area contributed by atoms with Crippen LogP contribution in [0.25, 0.3) is 0 Å². The zero-order valence-electron chi connectivity index (χ0n) is 16.3. The molecule has 3 aromatic rings. The number of thioether (sulfide) groups is 1. The lowest BCUT2D eigenvalue weighted by Crippen LogP contribution is -2.23. The van der Waals surface area contributed by atoms with E-state index in [0.29, 0.717) is 32.8 Å². The van der Waals surface area contributed by atoms with Gasteiger partial charge in [-0.1, -0.05) is 41.4 Å². The van der Waals surface area contributed by atoms with Crippen molar-refractivity contribution in [3.8, 4) is 0 Å². The third-order valence-corrected chi connectivity index (χ3v) is 7.56. The summed E-state index contributed by atoms with van der Waals surface area (Å²) in [5.41, 5.74) is 2.31. The van der Waals surface area contributed by atoms with Crippen molar-refractivity contribution in [2.75, 3.05) is 11.5 Å². The molecule has 0 unspecified atom stereocenters. The van der Waals surface area contributed by atoms with Crippen LogP contribution in [0.2, 0.25) is 5.02 Å². The second kappa shape index (κ2) is 10.1. The molecule has 0 saturated heterocycles. The number of pyridine rings is 1. The normalized spacial score (nSPS) is 11.3. The number of halogens is 1. The van der Waals surface area contributed by atoms with E-state index < -0.39 is 9.84 Å². The molecule has 0 radical (unpaired) electrons. The van der Waals surface area contributed by atoms with Gasteiger partial charge in [-0.15, -0.1) is 11.8 Å². The molecule has 0 atom stereocenters. The number of aryl methyl sites for hydroxylation is 1. The van der Waals surface area contributed by atoms with Crippen LogP contribution in [0.5, 0.6) is 0 Å². The second-order valence-electron chi connectivity index (χ2n) is 6.65. The summed E-state index contributed by atoms with van der Waals surface area (Å²) in [6, 6.07) is 17.4. The van der Waals surface area contributed by atoms with Crippen LogP contribution in [-0.4, -0.2) is 30.8 Å². The lowest BCUT2D eigenvalue weighted by Gasteiger charge is -2.10. The van der Waals surface area contributed by atoms with Crippen molar-refractivity contribution >= 4 is 39.1 Å². The van der Waals surface area contributed by atoms with E-state index in [1.54, 1.807) is 54.7 Å². The smallest absolute Gasteiger partial charge is 0.254 e. The Bertz CT molecular complexity index is 1130. The summed E-state index contributed by atoms with van der Waals surface area (Å²) in [4.78, 5) is 17.2. The van der Waals surface area contributed by atoms with Gasteiger partial charge in [0.05, 0.1) is 16.2 Å². The zero-order valence-corrected chi connectivity index (χ0v) is 18.7. The standard InChI is InChI=1S/C22H21ClN2O3S2/c1-16-7-9-19(10-8-16)30(27,28)13-12-29-22-20(6-3-11-24-22)21(26)25-15-17-4-2-5-18(23)14-17/h2-11,14H,12-13,15H2,1H3,(H,25,26). The Balaban J connectivity index is 1.62. The summed E-state index contributed by atoms with van der Waals surface area (Å²) in [5, 5.41) is 3.96. The van der Waals surface area contributed by atoms with Gasteiger partial charge in [-0.3, -0.25) is 4.79 Å². The number of carbonyl (C=O) groups is 1. The van der Waals surface area contributed by atoms with Crippen LogP contribution in [0.4, 0.5) is 0 Å². The number of aromatic nitrogens is 1. The minimum absolute atomic E-state index is 0.0408. The summed E-state index contributed by atoms with van der Waals surface area (Å²) in [6.45, 7) is 2.24. The zero-order chi connectivity index (χ0) is 21.6. The summed E-state index contributed by atoms with van der Waals surface area (Å²) in [6.07, 6.45) is 1.59. The van der Waals surface area contributed by atoms with E-state index in [1.165, 1.54) is 11.8 Å². The molecule has 0 spiro atoms. The van der Waals surface area contributed by atoms with E-state index in [9.17, 15) is 13.2 Å². The van der Waals surface area contributed by atoms with E-state index in [1.807, 2.05) is 19.1 Å². The molecule has 0 aliphatic carbocycles. The van der Waals surface area contributed by atoms with Crippen LogP contribution < -0.4 is 5.32 Å². The van der Waals surface area contributed by atoms with Gasteiger partial charge in [-0.25, -0.2) is 13.4 Å². The van der Waals surface area contributed by atoms with Gasteiger partial charge in [0.2, 0.25) is 0 Å². The molecule has 1 heterocycles. The highest BCUT2D eigenvalue weighted by molar-refractivity contribution is 8.00. The van der Waals surface area contributed by atoms with Gasteiger partial charge < -0.3 is 5.32 Å². The maximum absolute atomic E-state index is 12.6. The minimum Gasteiger partial charge on any atom is -0.348 e. The number of nitrogens with zero attached hydrogens (tertiary/aromatic N) is 1. The molecule has 0 fully saturated rings. The fourth-order valence-corrected chi connectivity index (χ4v) is 5.57. The van der Waals surface area contributed by atoms with Crippen molar-refractivity contribution in [1.29, 1.82) is 0 Å². The number of hydrogen-bond donors (Lipinski definition) is 1. The summed E-state index contributed by atoms with van der Waals surface area (Å²) >= 11 is 7.23. The van der Waals surface area contributed by atoms with Crippen LogP contribution >= 0.6 is 23.4 Å². The first-order valence-electron chi connectivity index (χ1n) is 9.25. The highest BCUT2D eigenvalue weighted by Gasteiger charge is 2.17. The lowest BCUT2D eigenvalue weighted by molar-refractivity contribution is 0.0947. The van der Waals surface area contributed by atoms with Crippen molar-refractivity contribution in [3.63, 3.8) is 0 Å². The van der Waals surface area contributed by atoms with Crippen molar-refractivity contribution in [3.05, 3.63) is 88.6 Å². The van der Waals surface area contributed by atoms with Gasteiger partial charge in [0.15, 0.2) is 9.84 Å². The van der Waals surface area contributed by atoms with Crippen molar-refractivity contribution in [2.45, 2.75) is 23.4 Å². The summed E-state index contributed by atoms with van der Waals surface area (Å²) < 4.78 is 25.0. The monoisotopic (exact) mass is 460 g/mol. The second-order valence-corrected chi connectivity index (χ2v) is 10.3. The van der Waals surface area contributed by atoms with Gasteiger partial charge in [0, 0.05) is 23.5 Å². The number of nitrogens with one attached hydrogen (secondary N) is 1. The Hall–Kier alpha value is -2.35. The van der Waals surface area contributed by atoms with Gasteiger partial charge in [-0.2, -0.15) is 0 Å². The van der Waals surface area contributed by atoms with Crippen LogP contribution in [0.1, 0.15) is 21.5 Å². The van der Waals surface area contributed by atoms with Crippen molar-refractivity contribution in [1.82, 2.24) is 10.3 Å². The fourth-order valence-electron chi connectivity index (χ4n) is 2.71. The number of benzene rings is 2. The maximum atomic E-state index is 12.6. The van der Waals surface area contributed by atoms with Crippen LogP contribution in [0, 0.1) is 6.92 Å². The van der Waals surface area contributed by atoms with E-state index in [0.717, 1.165) is 11.1 Å². The van der Waals surface area contributed by atoms with Crippen molar-refractivity contribution < 1.29 is 13.2 Å². The molecule has 8 heteroatoms. The minimum atomic E-state index is -3.39. The molecule has 30 heavy (non-hydrogen) atoms. The Morgan fingerprint density at radius 3 is 2.60 bits per heavy atom. The van der Waals surface area contributed by atoms with E-state index in [2.05, 4.69) is 10.3 Å². The SMILES string of the molecule is Cc1ccc(S(=O)(=O)CCSc2ncccc2C(=O)NCc2cccc(Cl)c2)cc1. The van der Waals surface area contributed by atoms with Gasteiger partial charge >= 0.3 is 0 Å². The maximum Gasteiger partial charge on any atom is 0.254 e. The predicted octanol–water partition coefficient (Wildman–Crippen LogP) is 4.54. The van der Waals surface area contributed by atoms with Crippen LogP contribution in [0.15, 0.2) is 76.8 Å². The number of hydrogen-bond acceptors (Lipinski definition) is 5. The van der Waals surface area contributed by atoms with Crippen molar-refractivity contribution in [2.24, 2.45) is 0 Å². The molecule has 0 aliphatic rings. The molecule has 1 amide bonds. The molecule has 156 valence electrons.